The molecule has 1 amide bonds. The fraction of sp³-hybridized carbons (Fsp3) is 0.409. The van der Waals surface area contributed by atoms with Gasteiger partial charge in [-0.15, -0.1) is 0 Å². The molecule has 2 aromatic rings. The molecule has 2 heterocycles. The van der Waals surface area contributed by atoms with Gasteiger partial charge in [-0.25, -0.2) is 0 Å². The second kappa shape index (κ2) is 8.44. The second-order valence-corrected chi connectivity index (χ2v) is 7.26. The van der Waals surface area contributed by atoms with Crippen molar-refractivity contribution in [1.82, 2.24) is 10.2 Å². The third kappa shape index (κ3) is 4.25. The van der Waals surface area contributed by atoms with Crippen LogP contribution >= 0.6 is 0 Å². The molecule has 0 saturated carbocycles. The monoisotopic (exact) mass is 365 g/mol. The Kier molecular flexibility index (Phi) is 5.58. The summed E-state index contributed by atoms with van der Waals surface area (Å²) in [7, 11) is 0. The summed E-state index contributed by atoms with van der Waals surface area (Å²) >= 11 is 0. The topological polar surface area (TPSA) is 44.8 Å². The SMILES string of the molecule is O=C(NCCCCN1CCN2c3ccccc3OCC2C1)c1ccccc1. The first-order chi connectivity index (χ1) is 13.3. The van der Waals surface area contributed by atoms with Crippen LogP contribution in [-0.2, 0) is 0 Å². The molecule has 0 aromatic heterocycles. The van der Waals surface area contributed by atoms with Crippen molar-refractivity contribution in [1.29, 1.82) is 0 Å². The Morgan fingerprint density at radius 1 is 1.04 bits per heavy atom. The minimum absolute atomic E-state index is 0.0160. The molecule has 0 aliphatic carbocycles. The fourth-order valence-corrected chi connectivity index (χ4v) is 3.94. The number of nitrogens with one attached hydrogen (secondary N) is 1. The molecular formula is C22H27N3O2. The molecular weight excluding hydrogens is 338 g/mol. The minimum Gasteiger partial charge on any atom is -0.489 e. The zero-order valence-corrected chi connectivity index (χ0v) is 15.6. The molecule has 142 valence electrons. The summed E-state index contributed by atoms with van der Waals surface area (Å²) in [6.45, 7) is 5.75. The van der Waals surface area contributed by atoms with Crippen molar-refractivity contribution < 1.29 is 9.53 Å². The number of piperazine rings is 1. The number of rotatable bonds is 6. The van der Waals surface area contributed by atoms with Crippen LogP contribution in [0.25, 0.3) is 0 Å². The van der Waals surface area contributed by atoms with Crippen LogP contribution in [0.15, 0.2) is 54.6 Å². The van der Waals surface area contributed by atoms with E-state index in [1.54, 1.807) is 0 Å². The smallest absolute Gasteiger partial charge is 0.251 e. The van der Waals surface area contributed by atoms with Gasteiger partial charge in [0.1, 0.15) is 12.4 Å². The number of hydrogen-bond acceptors (Lipinski definition) is 4. The summed E-state index contributed by atoms with van der Waals surface area (Å²) in [5.41, 5.74) is 1.96. The molecule has 5 nitrogen and oxygen atoms in total. The number of anilines is 1. The van der Waals surface area contributed by atoms with Gasteiger partial charge in [0, 0.05) is 31.7 Å². The van der Waals surface area contributed by atoms with E-state index in [4.69, 9.17) is 4.74 Å². The van der Waals surface area contributed by atoms with Crippen LogP contribution < -0.4 is 15.0 Å². The van der Waals surface area contributed by atoms with Crippen LogP contribution in [0.3, 0.4) is 0 Å². The number of para-hydroxylation sites is 2. The first-order valence-electron chi connectivity index (χ1n) is 9.85. The normalized spacial score (nSPS) is 19.0. The summed E-state index contributed by atoms with van der Waals surface area (Å²) in [5.74, 6) is 1.03. The molecule has 5 heteroatoms. The zero-order valence-electron chi connectivity index (χ0n) is 15.6. The summed E-state index contributed by atoms with van der Waals surface area (Å²) in [6.07, 6.45) is 2.10. The Bertz CT molecular complexity index is 765. The van der Waals surface area contributed by atoms with Crippen molar-refractivity contribution in [2.75, 3.05) is 44.2 Å². The molecule has 1 N–H and O–H groups in total. The number of amides is 1. The zero-order chi connectivity index (χ0) is 18.5. The Morgan fingerprint density at radius 2 is 1.85 bits per heavy atom. The van der Waals surface area contributed by atoms with E-state index in [-0.39, 0.29) is 5.91 Å². The second-order valence-electron chi connectivity index (χ2n) is 7.26. The molecule has 2 aromatic carbocycles. The lowest BCUT2D eigenvalue weighted by molar-refractivity contribution is 0.0952. The van der Waals surface area contributed by atoms with Gasteiger partial charge in [0.05, 0.1) is 11.7 Å². The molecule has 2 aliphatic rings. The quantitative estimate of drug-likeness (QED) is 0.800. The predicted molar refractivity (Wildman–Crippen MR) is 108 cm³/mol. The maximum absolute atomic E-state index is 12.0. The van der Waals surface area contributed by atoms with E-state index in [2.05, 4.69) is 33.3 Å². The maximum atomic E-state index is 12.0. The van der Waals surface area contributed by atoms with Gasteiger partial charge in [-0.3, -0.25) is 9.69 Å². The summed E-state index contributed by atoms with van der Waals surface area (Å²) in [5, 5.41) is 3.01. The molecule has 1 fully saturated rings. The Balaban J connectivity index is 1.18. The van der Waals surface area contributed by atoms with Crippen LogP contribution in [0, 0.1) is 0 Å². The molecule has 2 aliphatic heterocycles. The van der Waals surface area contributed by atoms with Crippen LogP contribution in [0.2, 0.25) is 0 Å². The third-order valence-electron chi connectivity index (χ3n) is 5.40. The predicted octanol–water partition coefficient (Wildman–Crippen LogP) is 2.78. The van der Waals surface area contributed by atoms with Crippen molar-refractivity contribution in [3.63, 3.8) is 0 Å². The Hall–Kier alpha value is -2.53. The number of unbranched alkanes of at least 4 members (excludes halogenated alkanes) is 1. The summed E-state index contributed by atoms with van der Waals surface area (Å²) < 4.78 is 5.94. The summed E-state index contributed by atoms with van der Waals surface area (Å²) in [6, 6.07) is 18.2. The van der Waals surface area contributed by atoms with Gasteiger partial charge in [-0.05, 0) is 43.7 Å². The first-order valence-corrected chi connectivity index (χ1v) is 9.85. The summed E-state index contributed by atoms with van der Waals surface area (Å²) in [4.78, 5) is 17.0. The maximum Gasteiger partial charge on any atom is 0.251 e. The van der Waals surface area contributed by atoms with E-state index < -0.39 is 0 Å². The van der Waals surface area contributed by atoms with Gasteiger partial charge in [0.25, 0.3) is 5.91 Å². The van der Waals surface area contributed by atoms with E-state index in [1.807, 2.05) is 36.4 Å². The van der Waals surface area contributed by atoms with Gasteiger partial charge in [-0.1, -0.05) is 30.3 Å². The third-order valence-corrected chi connectivity index (χ3v) is 5.40. The van der Waals surface area contributed by atoms with Crippen molar-refractivity contribution in [3.8, 4) is 5.75 Å². The van der Waals surface area contributed by atoms with Gasteiger partial charge < -0.3 is 15.0 Å². The number of fused-ring (bicyclic) bond motifs is 3. The number of carbonyl (C=O) groups is 1. The highest BCUT2D eigenvalue weighted by molar-refractivity contribution is 5.94. The number of carbonyl (C=O) groups excluding carboxylic acids is 1. The number of ether oxygens (including phenoxy) is 1. The van der Waals surface area contributed by atoms with E-state index in [9.17, 15) is 4.79 Å². The molecule has 4 rings (SSSR count). The number of nitrogens with zero attached hydrogens (tertiary/aromatic N) is 2. The van der Waals surface area contributed by atoms with Crippen LogP contribution in [0.5, 0.6) is 5.75 Å². The fourth-order valence-electron chi connectivity index (χ4n) is 3.94. The lowest BCUT2D eigenvalue weighted by atomic mass is 10.1. The molecule has 1 saturated heterocycles. The Morgan fingerprint density at radius 3 is 2.74 bits per heavy atom. The molecule has 1 unspecified atom stereocenters. The Labute approximate surface area is 160 Å². The van der Waals surface area contributed by atoms with Gasteiger partial charge >= 0.3 is 0 Å². The van der Waals surface area contributed by atoms with Crippen LogP contribution in [-0.4, -0.2) is 56.2 Å². The molecule has 0 radical (unpaired) electrons. The van der Waals surface area contributed by atoms with Crippen molar-refractivity contribution in [3.05, 3.63) is 60.2 Å². The molecule has 0 spiro atoms. The van der Waals surface area contributed by atoms with Crippen LogP contribution in [0.4, 0.5) is 5.69 Å². The van der Waals surface area contributed by atoms with Gasteiger partial charge in [0.2, 0.25) is 0 Å². The number of benzene rings is 2. The average Bonchev–Trinajstić information content (AvgIpc) is 2.73. The van der Waals surface area contributed by atoms with Crippen molar-refractivity contribution in [2.45, 2.75) is 18.9 Å². The van der Waals surface area contributed by atoms with E-state index >= 15 is 0 Å². The molecule has 1 atom stereocenters. The molecule has 27 heavy (non-hydrogen) atoms. The molecule has 0 bridgehead atoms. The highest BCUT2D eigenvalue weighted by atomic mass is 16.5. The van der Waals surface area contributed by atoms with E-state index in [1.165, 1.54) is 5.69 Å². The highest BCUT2D eigenvalue weighted by Gasteiger charge is 2.32. The van der Waals surface area contributed by atoms with Crippen molar-refractivity contribution >= 4 is 11.6 Å². The lowest BCUT2D eigenvalue weighted by Gasteiger charge is -2.45. The largest absolute Gasteiger partial charge is 0.489 e. The van der Waals surface area contributed by atoms with Gasteiger partial charge in [-0.2, -0.15) is 0 Å². The standard InChI is InChI=1S/C22H27N3O2/c26-22(18-8-2-1-3-9-18)23-12-6-7-13-24-14-15-25-19(16-24)17-27-21-11-5-4-10-20(21)25/h1-5,8-11,19H,6-7,12-17H2,(H,23,26). The first kappa shape index (κ1) is 17.9. The van der Waals surface area contributed by atoms with Crippen LogP contribution in [0.1, 0.15) is 23.2 Å². The highest BCUT2D eigenvalue weighted by Crippen LogP contribution is 2.34. The average molecular weight is 365 g/mol. The van der Waals surface area contributed by atoms with E-state index in [0.717, 1.165) is 63.5 Å². The minimum atomic E-state index is 0.0160. The van der Waals surface area contributed by atoms with E-state index in [0.29, 0.717) is 6.04 Å². The van der Waals surface area contributed by atoms with Crippen molar-refractivity contribution in [2.24, 2.45) is 0 Å². The lowest BCUT2D eigenvalue weighted by Crippen LogP contribution is -2.57. The van der Waals surface area contributed by atoms with Gasteiger partial charge in [0.15, 0.2) is 0 Å². The number of hydrogen-bond donors (Lipinski definition) is 1.